The zero-order valence-corrected chi connectivity index (χ0v) is 22.3. The molecular formula is C29H21Cl2F5N2O2. The molecule has 1 aromatic heterocycles. The SMILES string of the molecule is CCc1ccc(C(F)(F)CNC(=O)c2c(Oc3cccc(C(F)(F)F)c3)cnc(Cl)c2-c2ccccc2)c(Cl)c1. The van der Waals surface area contributed by atoms with Gasteiger partial charge in [0.1, 0.15) is 10.9 Å². The highest BCUT2D eigenvalue weighted by molar-refractivity contribution is 6.33. The highest BCUT2D eigenvalue weighted by Crippen LogP contribution is 2.39. The smallest absolute Gasteiger partial charge is 0.416 e. The molecule has 0 aliphatic heterocycles. The Morgan fingerprint density at radius 1 is 0.950 bits per heavy atom. The van der Waals surface area contributed by atoms with E-state index >= 15 is 8.78 Å². The Morgan fingerprint density at radius 3 is 2.33 bits per heavy atom. The van der Waals surface area contributed by atoms with E-state index in [2.05, 4.69) is 10.3 Å². The van der Waals surface area contributed by atoms with E-state index in [0.717, 1.165) is 30.0 Å². The Morgan fingerprint density at radius 2 is 1.68 bits per heavy atom. The minimum Gasteiger partial charge on any atom is -0.455 e. The molecule has 0 bridgehead atoms. The standard InChI is InChI=1S/C29H21Cl2F5N2O2/c1-2-17-11-12-21(22(30)13-17)28(32,33)16-38-27(39)25-23(40-20-10-6-9-19(14-20)29(34,35)36)15-37-26(31)24(25)18-7-4-3-5-8-18/h3-15H,2,16H2,1H3,(H,38,39). The zero-order valence-electron chi connectivity index (χ0n) is 20.8. The van der Waals surface area contributed by atoms with Crippen LogP contribution in [-0.4, -0.2) is 17.4 Å². The molecule has 0 fully saturated rings. The number of hydrogen-bond donors (Lipinski definition) is 1. The number of carbonyl (C=O) groups excluding carboxylic acids is 1. The molecule has 0 aliphatic rings. The molecule has 0 aliphatic carbocycles. The highest BCUT2D eigenvalue weighted by Gasteiger charge is 2.36. The number of halogens is 7. The number of nitrogens with zero attached hydrogens (tertiary/aromatic N) is 1. The minimum absolute atomic E-state index is 0.0536. The monoisotopic (exact) mass is 594 g/mol. The molecule has 208 valence electrons. The van der Waals surface area contributed by atoms with Crippen LogP contribution in [0.2, 0.25) is 10.2 Å². The van der Waals surface area contributed by atoms with Crippen molar-refractivity contribution in [3.63, 3.8) is 0 Å². The summed E-state index contributed by atoms with van der Waals surface area (Å²) in [5.74, 6) is -5.09. The van der Waals surface area contributed by atoms with Crippen LogP contribution < -0.4 is 10.1 Å². The maximum absolute atomic E-state index is 15.2. The summed E-state index contributed by atoms with van der Waals surface area (Å²) in [6.45, 7) is 0.723. The van der Waals surface area contributed by atoms with Gasteiger partial charge in [0, 0.05) is 11.1 Å². The molecule has 0 saturated heterocycles. The number of aryl methyl sites for hydroxylation is 1. The van der Waals surface area contributed by atoms with Crippen LogP contribution in [0.1, 0.15) is 34.0 Å². The lowest BCUT2D eigenvalue weighted by Crippen LogP contribution is -2.35. The molecule has 4 nitrogen and oxygen atoms in total. The van der Waals surface area contributed by atoms with Gasteiger partial charge in [-0.3, -0.25) is 4.79 Å². The number of benzene rings is 3. The Balaban J connectivity index is 1.73. The number of ether oxygens (including phenoxy) is 1. The quantitative estimate of drug-likeness (QED) is 0.164. The summed E-state index contributed by atoms with van der Waals surface area (Å²) in [6.07, 6.45) is -3.00. The Kier molecular flexibility index (Phi) is 8.65. The number of pyridine rings is 1. The predicted octanol–water partition coefficient (Wildman–Crippen LogP) is 8.95. The number of aromatic nitrogens is 1. The lowest BCUT2D eigenvalue weighted by atomic mass is 10.00. The van der Waals surface area contributed by atoms with Gasteiger partial charge >= 0.3 is 6.18 Å². The molecule has 1 heterocycles. The van der Waals surface area contributed by atoms with Gasteiger partial charge in [-0.15, -0.1) is 0 Å². The van der Waals surface area contributed by atoms with Gasteiger partial charge in [0.25, 0.3) is 11.8 Å². The van der Waals surface area contributed by atoms with Crippen molar-refractivity contribution in [3.05, 3.63) is 111 Å². The molecule has 0 atom stereocenters. The fourth-order valence-corrected chi connectivity index (χ4v) is 4.55. The second-order valence-corrected chi connectivity index (χ2v) is 9.48. The molecule has 4 rings (SSSR count). The fraction of sp³-hybridized carbons (Fsp3) is 0.172. The maximum Gasteiger partial charge on any atom is 0.416 e. The van der Waals surface area contributed by atoms with E-state index in [-0.39, 0.29) is 32.8 Å². The Bertz CT molecular complexity index is 1530. The molecular weight excluding hydrogens is 574 g/mol. The average Bonchev–Trinajstić information content (AvgIpc) is 2.92. The van der Waals surface area contributed by atoms with E-state index in [4.69, 9.17) is 27.9 Å². The van der Waals surface area contributed by atoms with Gasteiger partial charge in [-0.05, 0) is 41.8 Å². The van der Waals surface area contributed by atoms with Gasteiger partial charge in [0.2, 0.25) is 0 Å². The molecule has 0 unspecified atom stereocenters. The fourth-order valence-electron chi connectivity index (χ4n) is 3.95. The van der Waals surface area contributed by atoms with E-state index in [9.17, 15) is 18.0 Å². The normalized spacial score (nSPS) is 11.8. The number of amides is 1. The first-order valence-corrected chi connectivity index (χ1v) is 12.7. The van der Waals surface area contributed by atoms with Crippen molar-refractivity contribution in [2.45, 2.75) is 25.4 Å². The van der Waals surface area contributed by atoms with Gasteiger partial charge in [-0.1, -0.05) is 78.7 Å². The summed E-state index contributed by atoms with van der Waals surface area (Å²) in [4.78, 5) is 17.5. The molecule has 0 saturated carbocycles. The van der Waals surface area contributed by atoms with Gasteiger partial charge in [0.15, 0.2) is 5.75 Å². The predicted molar refractivity (Wildman–Crippen MR) is 143 cm³/mol. The summed E-state index contributed by atoms with van der Waals surface area (Å²) >= 11 is 12.4. The van der Waals surface area contributed by atoms with Crippen LogP contribution in [0.25, 0.3) is 11.1 Å². The van der Waals surface area contributed by atoms with E-state index in [1.165, 1.54) is 24.3 Å². The first-order valence-electron chi connectivity index (χ1n) is 11.9. The first-order chi connectivity index (χ1) is 18.9. The molecule has 11 heteroatoms. The number of alkyl halides is 5. The van der Waals surface area contributed by atoms with E-state index in [0.29, 0.717) is 12.0 Å². The van der Waals surface area contributed by atoms with Crippen molar-refractivity contribution in [2.75, 3.05) is 6.54 Å². The van der Waals surface area contributed by atoms with Crippen LogP contribution >= 0.6 is 23.2 Å². The number of hydrogen-bond acceptors (Lipinski definition) is 3. The number of carbonyl (C=O) groups is 1. The lowest BCUT2D eigenvalue weighted by molar-refractivity contribution is -0.137. The Labute approximate surface area is 236 Å². The van der Waals surface area contributed by atoms with E-state index in [1.54, 1.807) is 30.3 Å². The second-order valence-electron chi connectivity index (χ2n) is 8.71. The minimum atomic E-state index is -4.64. The summed E-state index contributed by atoms with van der Waals surface area (Å²) in [7, 11) is 0. The third kappa shape index (κ3) is 6.54. The van der Waals surface area contributed by atoms with Crippen LogP contribution in [0, 0.1) is 0 Å². The topological polar surface area (TPSA) is 51.2 Å². The largest absolute Gasteiger partial charge is 0.455 e. The van der Waals surface area contributed by atoms with Crippen molar-refractivity contribution < 1.29 is 31.5 Å². The summed E-state index contributed by atoms with van der Waals surface area (Å²) in [5, 5.41) is 1.91. The molecule has 0 radical (unpaired) electrons. The van der Waals surface area contributed by atoms with Crippen LogP contribution in [0.5, 0.6) is 11.5 Å². The molecule has 4 aromatic rings. The van der Waals surface area contributed by atoms with Crippen molar-refractivity contribution in [2.24, 2.45) is 0 Å². The van der Waals surface area contributed by atoms with Crippen molar-refractivity contribution in [1.82, 2.24) is 10.3 Å². The van der Waals surface area contributed by atoms with Gasteiger partial charge < -0.3 is 10.1 Å². The molecule has 40 heavy (non-hydrogen) atoms. The van der Waals surface area contributed by atoms with Gasteiger partial charge in [-0.25, -0.2) is 4.98 Å². The third-order valence-electron chi connectivity index (χ3n) is 5.98. The zero-order chi connectivity index (χ0) is 29.1. The molecule has 3 aromatic carbocycles. The lowest BCUT2D eigenvalue weighted by Gasteiger charge is -2.21. The molecule has 1 amide bonds. The molecule has 0 spiro atoms. The van der Waals surface area contributed by atoms with Crippen molar-refractivity contribution in [1.29, 1.82) is 0 Å². The van der Waals surface area contributed by atoms with Gasteiger partial charge in [0.05, 0.1) is 28.9 Å². The van der Waals surface area contributed by atoms with Gasteiger partial charge in [-0.2, -0.15) is 22.0 Å². The number of nitrogens with one attached hydrogen (secondary N) is 1. The first kappa shape index (κ1) is 29.3. The van der Waals surface area contributed by atoms with Crippen molar-refractivity contribution in [3.8, 4) is 22.6 Å². The van der Waals surface area contributed by atoms with Crippen LogP contribution in [0.4, 0.5) is 22.0 Å². The second kappa shape index (κ2) is 11.8. The molecule has 1 N–H and O–H groups in total. The Hall–Kier alpha value is -3.69. The van der Waals surface area contributed by atoms with E-state index in [1.807, 2.05) is 6.92 Å². The third-order valence-corrected chi connectivity index (χ3v) is 6.58. The maximum atomic E-state index is 15.2. The average molecular weight is 595 g/mol. The van der Waals surface area contributed by atoms with E-state index < -0.39 is 35.7 Å². The highest BCUT2D eigenvalue weighted by atomic mass is 35.5. The summed E-state index contributed by atoms with van der Waals surface area (Å²) in [5.41, 5.74) is -0.506. The van der Waals surface area contributed by atoms with Crippen LogP contribution in [0.15, 0.2) is 79.0 Å². The number of rotatable bonds is 8. The summed E-state index contributed by atoms with van der Waals surface area (Å²) < 4.78 is 75.7. The van der Waals surface area contributed by atoms with Crippen LogP contribution in [-0.2, 0) is 18.5 Å². The van der Waals surface area contributed by atoms with Crippen LogP contribution in [0.3, 0.4) is 0 Å². The van der Waals surface area contributed by atoms with Crippen molar-refractivity contribution >= 4 is 29.1 Å². The summed E-state index contributed by atoms with van der Waals surface area (Å²) in [6, 6.07) is 16.4.